The molecule has 0 aliphatic carbocycles. The van der Waals surface area contributed by atoms with Crippen LogP contribution in [0.2, 0.25) is 0 Å². The highest BCUT2D eigenvalue weighted by molar-refractivity contribution is 5.97. The van der Waals surface area contributed by atoms with Crippen molar-refractivity contribution in [3.05, 3.63) is 0 Å². The molecule has 0 fully saturated rings. The van der Waals surface area contributed by atoms with E-state index in [1.807, 2.05) is 0 Å². The van der Waals surface area contributed by atoms with E-state index in [0.717, 1.165) is 4.90 Å². The summed E-state index contributed by atoms with van der Waals surface area (Å²) in [7, 11) is 4.09. The van der Waals surface area contributed by atoms with Crippen LogP contribution in [-0.4, -0.2) is 220 Å². The molecule has 0 aliphatic heterocycles. The molecule has 28 nitrogen and oxygen atoms in total. The molecule has 0 aromatic heterocycles. The number of Topliss-reactive ketones (excluding diaryl/α,β-unsaturated/α-hetero) is 7. The van der Waals surface area contributed by atoms with Gasteiger partial charge in [-0.15, -0.1) is 0 Å². The molecule has 0 aromatic carbocycles. The Bertz CT molecular complexity index is 2030. The van der Waals surface area contributed by atoms with Gasteiger partial charge in [-0.1, -0.05) is 20.8 Å². The predicted octanol–water partition coefficient (Wildman–Crippen LogP) is -4.49. The Morgan fingerprint density at radius 1 is 0.408 bits per heavy atom. The zero-order valence-electron chi connectivity index (χ0n) is 44.8. The molecule has 9 N–H and O–H groups in total. The van der Waals surface area contributed by atoms with E-state index in [1.54, 1.807) is 20.8 Å². The molecule has 2 atom stereocenters. The molecular formula is C48H78N12O16. The van der Waals surface area contributed by atoms with Crippen molar-refractivity contribution in [3.8, 4) is 0 Å². The van der Waals surface area contributed by atoms with E-state index in [1.165, 1.54) is 37.9 Å². The van der Waals surface area contributed by atoms with Crippen molar-refractivity contribution in [1.82, 2.24) is 62.6 Å². The first kappa shape index (κ1) is 68.6. The normalized spacial score (nSPS) is 11.4. The van der Waals surface area contributed by atoms with Crippen LogP contribution in [-0.2, 0) is 71.9 Å². The molecule has 0 rings (SSSR count). The Morgan fingerprint density at radius 2 is 0.895 bits per heavy atom. The molecule has 0 heterocycles. The van der Waals surface area contributed by atoms with Gasteiger partial charge in [-0.25, -0.2) is 4.79 Å². The average Bonchev–Trinajstić information content (AvgIpc) is 3.38. The fraction of sp³-hybridized carbons (Fsp3) is 0.667. The molecular weight excluding hydrogens is 1000 g/mol. The Kier molecular flexibility index (Phi) is 35.3. The molecule has 2 unspecified atom stereocenters. The third-order valence-corrected chi connectivity index (χ3v) is 11.0. The summed E-state index contributed by atoms with van der Waals surface area (Å²) >= 11 is 0. The van der Waals surface area contributed by atoms with Crippen molar-refractivity contribution in [1.29, 1.82) is 0 Å². The van der Waals surface area contributed by atoms with Crippen LogP contribution in [0.25, 0.3) is 0 Å². The summed E-state index contributed by atoms with van der Waals surface area (Å²) in [6, 6.07) is -4.04. The third-order valence-electron chi connectivity index (χ3n) is 11.0. The maximum atomic E-state index is 14.0. The van der Waals surface area contributed by atoms with Gasteiger partial charge in [0.2, 0.25) is 47.3 Å². The zero-order chi connectivity index (χ0) is 57.8. The number of carbonyl (C=O) groups excluding carboxylic acids is 16. The first-order chi connectivity index (χ1) is 35.9. The lowest BCUT2D eigenvalue weighted by atomic mass is 10.0. The standard InChI is InChI=1S/C48H78N12O16/c1-8-32(62)23-58(27-43(71)49-5)25-36(66)16-18-40(68)52-19-11-12-37(56-42(70)22-55-48(76)60(26-34(64)10-3)30-45(73)51-7)47(75)57-38(39(67)17-15-35(65)14-13-31(4)61)20-53-41(69)21-54-46(74)29-59(24-33(63)9-2)28-44(72)50-6/h37-38H,8-30H2,1-7H3,(H,49,71)(H,50,72)(H,51,73)(H,52,68)(H,53,69)(H,54,74)(H,55,76)(H,56,70)(H,57,75). The lowest BCUT2D eigenvalue weighted by Gasteiger charge is -2.24. The quantitative estimate of drug-likeness (QED) is 0.0260. The highest BCUT2D eigenvalue weighted by Crippen LogP contribution is 2.06. The number of urea groups is 1. The highest BCUT2D eigenvalue weighted by Gasteiger charge is 2.29. The first-order valence-corrected chi connectivity index (χ1v) is 25.0. The van der Waals surface area contributed by atoms with Crippen LogP contribution in [0.4, 0.5) is 4.79 Å². The second-order valence-electron chi connectivity index (χ2n) is 17.5. The molecule has 0 saturated carbocycles. The van der Waals surface area contributed by atoms with E-state index in [-0.39, 0.29) is 121 Å². The Balaban J connectivity index is 6.36. The van der Waals surface area contributed by atoms with Gasteiger partial charge in [-0.2, -0.15) is 0 Å². The number of hydrogen-bond acceptors (Lipinski definition) is 18. The summed E-state index contributed by atoms with van der Waals surface area (Å²) in [4.78, 5) is 205. The Labute approximate surface area is 442 Å². The molecule has 0 bridgehead atoms. The first-order valence-electron chi connectivity index (χ1n) is 25.0. The van der Waals surface area contributed by atoms with E-state index in [4.69, 9.17) is 0 Å². The number of nitrogens with zero attached hydrogens (tertiary/aromatic N) is 3. The van der Waals surface area contributed by atoms with Crippen LogP contribution in [0, 0.1) is 0 Å². The zero-order valence-corrected chi connectivity index (χ0v) is 44.8. The van der Waals surface area contributed by atoms with Crippen molar-refractivity contribution in [2.24, 2.45) is 0 Å². The summed E-state index contributed by atoms with van der Waals surface area (Å²) in [6.45, 7) is 1.37. The lowest BCUT2D eigenvalue weighted by Crippen LogP contribution is -2.56. The van der Waals surface area contributed by atoms with Gasteiger partial charge < -0.3 is 57.5 Å². The van der Waals surface area contributed by atoms with Gasteiger partial charge in [0, 0.05) is 92.0 Å². The van der Waals surface area contributed by atoms with Gasteiger partial charge in [0.05, 0.1) is 58.9 Å². The largest absolute Gasteiger partial charge is 0.358 e. The minimum absolute atomic E-state index is 0.0185. The van der Waals surface area contributed by atoms with Crippen LogP contribution in [0.15, 0.2) is 0 Å². The number of amides is 10. The topological polar surface area (TPSA) is 391 Å². The van der Waals surface area contributed by atoms with E-state index < -0.39 is 134 Å². The fourth-order valence-corrected chi connectivity index (χ4v) is 6.50. The number of carbonyl (C=O) groups is 16. The highest BCUT2D eigenvalue weighted by atomic mass is 16.2. The lowest BCUT2D eigenvalue weighted by molar-refractivity contribution is -0.132. The number of likely N-dealkylation sites (N-methyl/N-ethyl adjacent to an activating group) is 3. The van der Waals surface area contributed by atoms with E-state index >= 15 is 0 Å². The Hall–Kier alpha value is -7.36. The van der Waals surface area contributed by atoms with Crippen molar-refractivity contribution in [2.45, 2.75) is 110 Å². The minimum Gasteiger partial charge on any atom is -0.358 e. The van der Waals surface area contributed by atoms with Crippen LogP contribution < -0.4 is 47.9 Å². The van der Waals surface area contributed by atoms with Crippen molar-refractivity contribution in [2.75, 3.05) is 99.7 Å². The number of nitrogens with one attached hydrogen (secondary N) is 9. The fourth-order valence-electron chi connectivity index (χ4n) is 6.50. The molecule has 426 valence electrons. The minimum atomic E-state index is -1.56. The van der Waals surface area contributed by atoms with E-state index in [9.17, 15) is 76.7 Å². The number of ketones is 7. The predicted molar refractivity (Wildman–Crippen MR) is 271 cm³/mol. The monoisotopic (exact) mass is 1080 g/mol. The molecule has 0 saturated heterocycles. The van der Waals surface area contributed by atoms with Crippen LogP contribution in [0.5, 0.6) is 0 Å². The van der Waals surface area contributed by atoms with Crippen molar-refractivity contribution >= 4 is 93.8 Å². The van der Waals surface area contributed by atoms with Gasteiger partial charge in [0.25, 0.3) is 0 Å². The molecule has 0 aliphatic rings. The average molecular weight is 1080 g/mol. The number of hydrogen-bond donors (Lipinski definition) is 9. The molecule has 10 amide bonds. The van der Waals surface area contributed by atoms with Gasteiger partial charge in [-0.3, -0.25) is 76.9 Å². The van der Waals surface area contributed by atoms with Gasteiger partial charge in [-0.05, 0) is 19.8 Å². The van der Waals surface area contributed by atoms with Crippen molar-refractivity contribution in [3.63, 3.8) is 0 Å². The van der Waals surface area contributed by atoms with Gasteiger partial charge in [0.1, 0.15) is 47.5 Å². The Morgan fingerprint density at radius 3 is 1.45 bits per heavy atom. The summed E-state index contributed by atoms with van der Waals surface area (Å²) in [6.07, 6.45) is -1.42. The molecule has 0 aromatic rings. The van der Waals surface area contributed by atoms with E-state index in [0.29, 0.717) is 0 Å². The van der Waals surface area contributed by atoms with Crippen LogP contribution in [0.3, 0.4) is 0 Å². The summed E-state index contributed by atoms with van der Waals surface area (Å²) < 4.78 is 0. The molecule has 0 radical (unpaired) electrons. The second-order valence-corrected chi connectivity index (χ2v) is 17.5. The molecule has 0 spiro atoms. The summed E-state index contributed by atoms with van der Waals surface area (Å²) in [5.74, 6) is -8.35. The summed E-state index contributed by atoms with van der Waals surface area (Å²) in [5.41, 5.74) is 0. The molecule has 28 heteroatoms. The number of rotatable bonds is 42. The summed E-state index contributed by atoms with van der Waals surface area (Å²) in [5, 5.41) is 21.7. The second kappa shape index (κ2) is 39.1. The maximum absolute atomic E-state index is 14.0. The smallest absolute Gasteiger partial charge is 0.318 e. The SMILES string of the molecule is CCC(=O)CN(CC(=O)CCC(=O)NCCCC(NC(=O)CNC(=O)N(CC(=O)CC)CC(=O)NC)C(=O)NC(CNC(=O)CNC(=O)CN(CC(=O)CC)CC(=O)NC)C(=O)CCC(=O)CCC(C)=O)CC(=O)NC. The van der Waals surface area contributed by atoms with Crippen LogP contribution in [0.1, 0.15) is 98.3 Å². The maximum Gasteiger partial charge on any atom is 0.318 e. The molecule has 76 heavy (non-hydrogen) atoms. The van der Waals surface area contributed by atoms with E-state index in [2.05, 4.69) is 47.9 Å². The van der Waals surface area contributed by atoms with Crippen molar-refractivity contribution < 1.29 is 76.7 Å². The third kappa shape index (κ3) is 32.7. The van der Waals surface area contributed by atoms with Crippen LogP contribution >= 0.6 is 0 Å². The van der Waals surface area contributed by atoms with Gasteiger partial charge >= 0.3 is 6.03 Å². The van der Waals surface area contributed by atoms with Gasteiger partial charge in [0.15, 0.2) is 11.6 Å².